The number of benzene rings is 1. The highest BCUT2D eigenvalue weighted by Crippen LogP contribution is 2.12. The molecule has 0 fully saturated rings. The predicted molar refractivity (Wildman–Crippen MR) is 97.5 cm³/mol. The van der Waals surface area contributed by atoms with Crippen LogP contribution in [0, 0.1) is 6.92 Å². The largest absolute Gasteiger partial charge is 0.370 e. The molecule has 0 bridgehead atoms. The molecule has 0 spiro atoms. The first kappa shape index (κ1) is 17.5. The summed E-state index contributed by atoms with van der Waals surface area (Å²) >= 11 is 5.90. The van der Waals surface area contributed by atoms with Gasteiger partial charge in [-0.15, -0.1) is 0 Å². The van der Waals surface area contributed by atoms with Crippen LogP contribution in [0.25, 0.3) is 0 Å². The second kappa shape index (κ2) is 8.70. The Morgan fingerprint density at radius 2 is 1.78 bits per heavy atom. The maximum absolute atomic E-state index is 5.90. The van der Waals surface area contributed by atoms with E-state index in [2.05, 4.69) is 25.5 Å². The van der Waals surface area contributed by atoms with Crippen molar-refractivity contribution in [2.45, 2.75) is 13.3 Å². The van der Waals surface area contributed by atoms with Gasteiger partial charge in [-0.25, -0.2) is 4.98 Å². The van der Waals surface area contributed by atoms with Gasteiger partial charge in [0.25, 0.3) is 0 Å². The summed E-state index contributed by atoms with van der Waals surface area (Å²) < 4.78 is 0. The minimum Gasteiger partial charge on any atom is -0.370 e. The molecule has 2 aromatic rings. The van der Waals surface area contributed by atoms with Crippen LogP contribution in [0.1, 0.15) is 11.3 Å². The van der Waals surface area contributed by atoms with E-state index in [9.17, 15) is 0 Å². The molecule has 1 aromatic carbocycles. The first-order valence-corrected chi connectivity index (χ1v) is 8.13. The second-order valence-corrected chi connectivity index (χ2v) is 6.19. The van der Waals surface area contributed by atoms with Gasteiger partial charge in [-0.05, 0) is 45.1 Å². The summed E-state index contributed by atoms with van der Waals surface area (Å²) in [7, 11) is 4.09. The van der Waals surface area contributed by atoms with Crippen molar-refractivity contribution in [2.24, 2.45) is 0 Å². The van der Waals surface area contributed by atoms with Gasteiger partial charge in [-0.2, -0.15) is 4.98 Å². The number of nitrogens with zero attached hydrogens (tertiary/aromatic N) is 3. The molecule has 2 rings (SSSR count). The average Bonchev–Trinajstić information content (AvgIpc) is 2.48. The molecule has 23 heavy (non-hydrogen) atoms. The molecule has 5 nitrogen and oxygen atoms in total. The monoisotopic (exact) mass is 333 g/mol. The summed E-state index contributed by atoms with van der Waals surface area (Å²) in [5.74, 6) is 1.51. The Balaban J connectivity index is 1.86. The average molecular weight is 334 g/mol. The zero-order chi connectivity index (χ0) is 16.7. The lowest BCUT2D eigenvalue weighted by molar-refractivity contribution is 0.425. The molecule has 0 amide bonds. The molecule has 0 saturated heterocycles. The number of aryl methyl sites for hydroxylation is 1. The summed E-state index contributed by atoms with van der Waals surface area (Å²) in [6, 6.07) is 9.88. The smallest absolute Gasteiger partial charge is 0.224 e. The Kier molecular flexibility index (Phi) is 6.62. The van der Waals surface area contributed by atoms with Crippen molar-refractivity contribution >= 4 is 23.4 Å². The SMILES string of the molecule is Cc1cc(NCCc2ccc(Cl)cc2)nc(NCCN(C)C)n1. The molecule has 6 heteroatoms. The number of anilines is 2. The zero-order valence-corrected chi connectivity index (χ0v) is 14.7. The van der Waals surface area contributed by atoms with Crippen LogP contribution in [0.2, 0.25) is 5.02 Å². The molecular weight excluding hydrogens is 310 g/mol. The van der Waals surface area contributed by atoms with Crippen molar-refractivity contribution in [1.82, 2.24) is 14.9 Å². The van der Waals surface area contributed by atoms with E-state index in [0.29, 0.717) is 5.95 Å². The lowest BCUT2D eigenvalue weighted by atomic mass is 10.1. The van der Waals surface area contributed by atoms with E-state index < -0.39 is 0 Å². The number of aromatic nitrogens is 2. The van der Waals surface area contributed by atoms with Gasteiger partial charge in [-0.1, -0.05) is 23.7 Å². The maximum atomic E-state index is 5.90. The standard InChI is InChI=1S/C17H24ClN5/c1-13-12-16(22-17(21-13)20-10-11-23(2)3)19-9-8-14-4-6-15(18)7-5-14/h4-7,12H,8-11H2,1-3H3,(H2,19,20,21,22). The highest BCUT2D eigenvalue weighted by molar-refractivity contribution is 6.30. The van der Waals surface area contributed by atoms with Crippen LogP contribution >= 0.6 is 11.6 Å². The summed E-state index contributed by atoms with van der Waals surface area (Å²) in [5.41, 5.74) is 2.19. The fourth-order valence-electron chi connectivity index (χ4n) is 2.12. The predicted octanol–water partition coefficient (Wildman–Crippen LogP) is 3.07. The van der Waals surface area contributed by atoms with Gasteiger partial charge in [0.05, 0.1) is 0 Å². The molecule has 0 aliphatic carbocycles. The molecule has 1 heterocycles. The molecule has 0 aliphatic rings. The van der Waals surface area contributed by atoms with Crippen LogP contribution in [0.3, 0.4) is 0 Å². The fourth-order valence-corrected chi connectivity index (χ4v) is 2.24. The number of rotatable bonds is 8. The second-order valence-electron chi connectivity index (χ2n) is 5.75. The quantitative estimate of drug-likeness (QED) is 0.777. The van der Waals surface area contributed by atoms with Crippen molar-refractivity contribution in [3.8, 4) is 0 Å². The third-order valence-electron chi connectivity index (χ3n) is 3.33. The first-order chi connectivity index (χ1) is 11.0. The van der Waals surface area contributed by atoms with Gasteiger partial charge >= 0.3 is 0 Å². The van der Waals surface area contributed by atoms with Gasteiger partial charge in [0.15, 0.2) is 0 Å². The number of hydrogen-bond acceptors (Lipinski definition) is 5. The topological polar surface area (TPSA) is 53.1 Å². The van der Waals surface area contributed by atoms with Crippen molar-refractivity contribution in [1.29, 1.82) is 0 Å². The van der Waals surface area contributed by atoms with Crippen LogP contribution in [0.5, 0.6) is 0 Å². The molecule has 2 N–H and O–H groups in total. The molecule has 0 aliphatic heterocycles. The number of hydrogen-bond donors (Lipinski definition) is 2. The van der Waals surface area contributed by atoms with E-state index in [1.807, 2.05) is 51.4 Å². The van der Waals surface area contributed by atoms with Crippen molar-refractivity contribution < 1.29 is 0 Å². The summed E-state index contributed by atoms with van der Waals surface area (Å²) in [5, 5.41) is 7.37. The van der Waals surface area contributed by atoms with Gasteiger partial charge in [0.1, 0.15) is 5.82 Å². The molecule has 0 radical (unpaired) electrons. The summed E-state index contributed by atoms with van der Waals surface area (Å²) in [4.78, 5) is 11.0. The van der Waals surface area contributed by atoms with Crippen LogP contribution < -0.4 is 10.6 Å². The Morgan fingerprint density at radius 1 is 1.04 bits per heavy atom. The van der Waals surface area contributed by atoms with Gasteiger partial charge in [0.2, 0.25) is 5.95 Å². The van der Waals surface area contributed by atoms with Crippen molar-refractivity contribution in [3.05, 3.63) is 46.6 Å². The fraction of sp³-hybridized carbons (Fsp3) is 0.412. The van der Waals surface area contributed by atoms with Crippen molar-refractivity contribution in [2.75, 3.05) is 44.4 Å². The maximum Gasteiger partial charge on any atom is 0.224 e. The molecule has 0 atom stereocenters. The van der Waals surface area contributed by atoms with Crippen LogP contribution in [-0.4, -0.2) is 48.6 Å². The molecule has 1 aromatic heterocycles. The Labute approximate surface area is 143 Å². The lowest BCUT2D eigenvalue weighted by Gasteiger charge is -2.12. The highest BCUT2D eigenvalue weighted by Gasteiger charge is 2.02. The third-order valence-corrected chi connectivity index (χ3v) is 3.58. The van der Waals surface area contributed by atoms with Crippen LogP contribution in [-0.2, 0) is 6.42 Å². The summed E-state index contributed by atoms with van der Waals surface area (Å²) in [6.07, 6.45) is 0.920. The Hall–Kier alpha value is -1.85. The minimum absolute atomic E-state index is 0.667. The lowest BCUT2D eigenvalue weighted by Crippen LogP contribution is -2.21. The number of nitrogens with one attached hydrogen (secondary N) is 2. The van der Waals surface area contributed by atoms with E-state index in [-0.39, 0.29) is 0 Å². The molecule has 0 unspecified atom stereocenters. The van der Waals surface area contributed by atoms with E-state index in [4.69, 9.17) is 11.6 Å². The van der Waals surface area contributed by atoms with Gasteiger partial charge in [-0.3, -0.25) is 0 Å². The van der Waals surface area contributed by atoms with E-state index >= 15 is 0 Å². The molecule has 0 saturated carbocycles. The highest BCUT2D eigenvalue weighted by atomic mass is 35.5. The zero-order valence-electron chi connectivity index (χ0n) is 13.9. The Morgan fingerprint density at radius 3 is 2.48 bits per heavy atom. The number of likely N-dealkylation sites (N-methyl/N-ethyl adjacent to an activating group) is 1. The number of halogens is 1. The van der Waals surface area contributed by atoms with Gasteiger partial charge in [0, 0.05) is 36.4 Å². The normalized spacial score (nSPS) is 10.8. The third kappa shape index (κ3) is 6.42. The van der Waals surface area contributed by atoms with E-state index in [1.54, 1.807) is 0 Å². The summed E-state index contributed by atoms with van der Waals surface area (Å²) in [6.45, 7) is 4.55. The van der Waals surface area contributed by atoms with Crippen molar-refractivity contribution in [3.63, 3.8) is 0 Å². The first-order valence-electron chi connectivity index (χ1n) is 7.75. The van der Waals surface area contributed by atoms with E-state index in [1.165, 1.54) is 5.56 Å². The Bertz CT molecular complexity index is 613. The molecule has 124 valence electrons. The van der Waals surface area contributed by atoms with E-state index in [0.717, 1.165) is 42.6 Å². The van der Waals surface area contributed by atoms with Crippen LogP contribution in [0.4, 0.5) is 11.8 Å². The molecular formula is C17H24ClN5. The minimum atomic E-state index is 0.667. The van der Waals surface area contributed by atoms with Crippen LogP contribution in [0.15, 0.2) is 30.3 Å². The van der Waals surface area contributed by atoms with Gasteiger partial charge < -0.3 is 15.5 Å².